The predicted molar refractivity (Wildman–Crippen MR) is 145 cm³/mol. The Balaban J connectivity index is 0.00000306. The Labute approximate surface area is 212 Å². The smallest absolute Gasteiger partial charge is 0.191 e. The van der Waals surface area contributed by atoms with E-state index >= 15 is 0 Å². The number of hydrogen-bond donors (Lipinski definition) is 2. The molecule has 0 aliphatic rings. The van der Waals surface area contributed by atoms with Crippen LogP contribution in [0.15, 0.2) is 90.1 Å². The van der Waals surface area contributed by atoms with Gasteiger partial charge in [-0.3, -0.25) is 9.39 Å². The summed E-state index contributed by atoms with van der Waals surface area (Å²) in [6, 6.07) is 27.1. The number of aliphatic imine (C=N–C) groups is 1. The van der Waals surface area contributed by atoms with Crippen LogP contribution in [0, 0.1) is 0 Å². The lowest BCUT2D eigenvalue weighted by molar-refractivity contribution is 0.710. The van der Waals surface area contributed by atoms with E-state index in [1.54, 1.807) is 0 Å². The van der Waals surface area contributed by atoms with E-state index in [-0.39, 0.29) is 29.9 Å². The number of pyridine rings is 1. The van der Waals surface area contributed by atoms with Crippen molar-refractivity contribution < 1.29 is 0 Å². The van der Waals surface area contributed by atoms with Crippen LogP contribution < -0.4 is 10.6 Å². The average molecular weight is 554 g/mol. The van der Waals surface area contributed by atoms with Crippen LogP contribution >= 0.6 is 24.0 Å². The van der Waals surface area contributed by atoms with Gasteiger partial charge in [0.25, 0.3) is 0 Å². The van der Waals surface area contributed by atoms with E-state index in [4.69, 9.17) is 4.99 Å². The molecule has 0 spiro atoms. The number of guanidine groups is 1. The van der Waals surface area contributed by atoms with Gasteiger partial charge < -0.3 is 10.6 Å². The Morgan fingerprint density at radius 1 is 0.879 bits per heavy atom. The number of benzene rings is 2. The third-order valence-corrected chi connectivity index (χ3v) is 5.43. The molecule has 7 heteroatoms. The minimum atomic E-state index is 0. The van der Waals surface area contributed by atoms with E-state index in [0.29, 0.717) is 6.54 Å². The van der Waals surface area contributed by atoms with Crippen LogP contribution in [0.2, 0.25) is 0 Å². The lowest BCUT2D eigenvalue weighted by atomic mass is 9.91. The van der Waals surface area contributed by atoms with Crippen LogP contribution in [-0.2, 0) is 6.42 Å². The van der Waals surface area contributed by atoms with E-state index in [1.165, 1.54) is 11.1 Å². The van der Waals surface area contributed by atoms with Gasteiger partial charge in [-0.15, -0.1) is 34.2 Å². The summed E-state index contributed by atoms with van der Waals surface area (Å²) in [6.45, 7) is 4.40. The summed E-state index contributed by atoms with van der Waals surface area (Å²) in [5, 5.41) is 15.4. The first kappa shape index (κ1) is 24.7. The first-order valence-electron chi connectivity index (χ1n) is 11.3. The lowest BCUT2D eigenvalue weighted by Crippen LogP contribution is -2.38. The highest BCUT2D eigenvalue weighted by atomic mass is 127. The molecule has 4 aromatic rings. The Hall–Kier alpha value is -2.94. The number of rotatable bonds is 9. The molecule has 0 saturated heterocycles. The molecule has 2 aromatic carbocycles. The SMILES string of the molecule is CCNC(=NCC(c1ccccc1)c1ccccc1)NCCCc1nnc2ccccn12.I. The maximum absolute atomic E-state index is 4.91. The van der Waals surface area contributed by atoms with Crippen molar-refractivity contribution in [2.45, 2.75) is 25.7 Å². The second-order valence-electron chi connectivity index (χ2n) is 7.67. The number of fused-ring (bicyclic) bond motifs is 1. The molecule has 0 aliphatic carbocycles. The molecule has 4 rings (SSSR count). The van der Waals surface area contributed by atoms with E-state index in [0.717, 1.165) is 43.4 Å². The van der Waals surface area contributed by atoms with Crippen LogP contribution in [0.25, 0.3) is 5.65 Å². The largest absolute Gasteiger partial charge is 0.357 e. The summed E-state index contributed by atoms with van der Waals surface area (Å²) in [5.74, 6) is 2.04. The van der Waals surface area contributed by atoms with Gasteiger partial charge >= 0.3 is 0 Å². The van der Waals surface area contributed by atoms with Crippen molar-refractivity contribution in [1.29, 1.82) is 0 Å². The molecular formula is C26H31IN6. The number of nitrogens with zero attached hydrogens (tertiary/aromatic N) is 4. The third kappa shape index (κ3) is 6.77. The Kier molecular flexibility index (Phi) is 9.68. The number of halogens is 1. The van der Waals surface area contributed by atoms with Crippen LogP contribution in [-0.4, -0.2) is 40.2 Å². The van der Waals surface area contributed by atoms with Crippen LogP contribution in [0.3, 0.4) is 0 Å². The highest BCUT2D eigenvalue weighted by molar-refractivity contribution is 14.0. The molecule has 0 atom stereocenters. The maximum atomic E-state index is 4.91. The zero-order chi connectivity index (χ0) is 22.0. The molecule has 0 unspecified atom stereocenters. The van der Waals surface area contributed by atoms with Crippen molar-refractivity contribution in [2.75, 3.05) is 19.6 Å². The van der Waals surface area contributed by atoms with E-state index in [2.05, 4.69) is 88.4 Å². The van der Waals surface area contributed by atoms with E-state index < -0.39 is 0 Å². The first-order chi connectivity index (χ1) is 15.8. The van der Waals surface area contributed by atoms with Crippen LogP contribution in [0.5, 0.6) is 0 Å². The van der Waals surface area contributed by atoms with E-state index in [9.17, 15) is 0 Å². The molecule has 2 aromatic heterocycles. The molecule has 0 bridgehead atoms. The fourth-order valence-corrected chi connectivity index (χ4v) is 3.81. The Morgan fingerprint density at radius 3 is 2.21 bits per heavy atom. The average Bonchev–Trinajstić information content (AvgIpc) is 3.26. The molecule has 33 heavy (non-hydrogen) atoms. The fraction of sp³-hybridized carbons (Fsp3) is 0.269. The monoisotopic (exact) mass is 554 g/mol. The van der Waals surface area contributed by atoms with Gasteiger partial charge in [-0.2, -0.15) is 0 Å². The molecule has 2 N–H and O–H groups in total. The second-order valence-corrected chi connectivity index (χ2v) is 7.67. The van der Waals surface area contributed by atoms with Gasteiger partial charge in [0.15, 0.2) is 11.6 Å². The first-order valence-corrected chi connectivity index (χ1v) is 11.3. The lowest BCUT2D eigenvalue weighted by Gasteiger charge is -2.18. The van der Waals surface area contributed by atoms with Gasteiger partial charge in [0, 0.05) is 31.6 Å². The molecule has 172 valence electrons. The minimum Gasteiger partial charge on any atom is -0.357 e. The van der Waals surface area contributed by atoms with Crippen molar-refractivity contribution in [3.63, 3.8) is 0 Å². The summed E-state index contributed by atoms with van der Waals surface area (Å²) < 4.78 is 2.05. The summed E-state index contributed by atoms with van der Waals surface area (Å²) in [4.78, 5) is 4.91. The number of nitrogens with one attached hydrogen (secondary N) is 2. The summed E-state index contributed by atoms with van der Waals surface area (Å²) in [7, 11) is 0. The van der Waals surface area contributed by atoms with Gasteiger partial charge in [-0.05, 0) is 36.6 Å². The Morgan fingerprint density at radius 2 is 1.55 bits per heavy atom. The third-order valence-electron chi connectivity index (χ3n) is 5.43. The van der Waals surface area contributed by atoms with E-state index in [1.807, 2.05) is 28.8 Å². The molecule has 0 amide bonds. The number of hydrogen-bond acceptors (Lipinski definition) is 3. The summed E-state index contributed by atoms with van der Waals surface area (Å²) in [5.41, 5.74) is 3.44. The van der Waals surface area contributed by atoms with Gasteiger partial charge in [0.05, 0.1) is 6.54 Å². The van der Waals surface area contributed by atoms with Crippen LogP contribution in [0.1, 0.15) is 36.2 Å². The highest BCUT2D eigenvalue weighted by Crippen LogP contribution is 2.24. The molecule has 0 aliphatic heterocycles. The van der Waals surface area contributed by atoms with Gasteiger partial charge in [0.2, 0.25) is 0 Å². The standard InChI is InChI=1S/C26H30N6.HI/c1-2-27-26(28-18-11-17-25-31-30-24-16-9-10-19-32(24)25)29-20-23(21-12-5-3-6-13-21)22-14-7-4-8-15-22;/h3-10,12-16,19,23H,2,11,17-18,20H2,1H3,(H2,27,28,29);1H. The molecule has 0 radical (unpaired) electrons. The summed E-state index contributed by atoms with van der Waals surface area (Å²) in [6.07, 6.45) is 3.81. The van der Waals surface area contributed by atoms with Gasteiger partial charge in [-0.1, -0.05) is 66.7 Å². The topological polar surface area (TPSA) is 66.6 Å². The van der Waals surface area contributed by atoms with Crippen molar-refractivity contribution in [1.82, 2.24) is 25.2 Å². The van der Waals surface area contributed by atoms with Crippen molar-refractivity contribution in [3.05, 3.63) is 102 Å². The second kappa shape index (κ2) is 12.9. The summed E-state index contributed by atoms with van der Waals surface area (Å²) >= 11 is 0. The zero-order valence-electron chi connectivity index (χ0n) is 18.9. The quantitative estimate of drug-likeness (QED) is 0.137. The van der Waals surface area contributed by atoms with Crippen molar-refractivity contribution >= 4 is 35.6 Å². The molecular weight excluding hydrogens is 523 g/mol. The minimum absolute atomic E-state index is 0. The molecule has 2 heterocycles. The molecule has 0 fully saturated rings. The fourth-order valence-electron chi connectivity index (χ4n) is 3.81. The molecule has 6 nitrogen and oxygen atoms in total. The van der Waals surface area contributed by atoms with Gasteiger partial charge in [0.1, 0.15) is 5.82 Å². The van der Waals surface area contributed by atoms with Crippen molar-refractivity contribution in [2.24, 2.45) is 4.99 Å². The highest BCUT2D eigenvalue weighted by Gasteiger charge is 2.14. The molecule has 0 saturated carbocycles. The number of aromatic nitrogens is 3. The normalized spacial score (nSPS) is 11.4. The predicted octanol–water partition coefficient (Wildman–Crippen LogP) is 4.67. The zero-order valence-corrected chi connectivity index (χ0v) is 21.2. The number of aryl methyl sites for hydroxylation is 1. The maximum Gasteiger partial charge on any atom is 0.191 e. The van der Waals surface area contributed by atoms with Crippen molar-refractivity contribution in [3.8, 4) is 0 Å². The van der Waals surface area contributed by atoms with Gasteiger partial charge in [-0.25, -0.2) is 0 Å². The van der Waals surface area contributed by atoms with Crippen LogP contribution in [0.4, 0.5) is 0 Å². The Bertz CT molecular complexity index is 1090.